The zero-order valence-corrected chi connectivity index (χ0v) is 17.8. The number of carbonyl (C=O) groups excluding carboxylic acids is 1. The summed E-state index contributed by atoms with van der Waals surface area (Å²) in [5.41, 5.74) is 1.95. The van der Waals surface area contributed by atoms with Gasteiger partial charge >= 0.3 is 0 Å². The predicted molar refractivity (Wildman–Crippen MR) is 112 cm³/mol. The molecule has 6 nitrogen and oxygen atoms in total. The molecule has 0 unspecified atom stereocenters. The summed E-state index contributed by atoms with van der Waals surface area (Å²) in [6.07, 6.45) is 3.73. The summed E-state index contributed by atoms with van der Waals surface area (Å²) in [5, 5.41) is 0. The summed E-state index contributed by atoms with van der Waals surface area (Å²) in [6, 6.07) is 4.00. The molecule has 2 aliphatic rings. The monoisotopic (exact) mass is 430 g/mol. The van der Waals surface area contributed by atoms with Crippen molar-refractivity contribution in [1.82, 2.24) is 19.8 Å². The lowest BCUT2D eigenvalue weighted by atomic mass is 9.96. The van der Waals surface area contributed by atoms with E-state index in [1.807, 2.05) is 6.92 Å². The number of amides is 1. The molecule has 4 rings (SSSR count). The maximum absolute atomic E-state index is 13.5. The molecular weight excluding hydrogens is 402 g/mol. The van der Waals surface area contributed by atoms with E-state index in [9.17, 15) is 18.4 Å². The molecule has 1 amide bonds. The Labute approximate surface area is 180 Å². The van der Waals surface area contributed by atoms with E-state index in [-0.39, 0.29) is 17.4 Å². The Morgan fingerprint density at radius 1 is 1.26 bits per heavy atom. The fourth-order valence-corrected chi connectivity index (χ4v) is 4.54. The Balaban J connectivity index is 1.47. The SMILES string of the molecule is CCCC(=O)N1CCc2nc([C@@H]3CCCN(Cc4ccc(F)c(F)c4)C3)[nH]c(=O)c2C1. The third-order valence-corrected chi connectivity index (χ3v) is 6.19. The minimum Gasteiger partial charge on any atom is -0.338 e. The normalized spacial score (nSPS) is 19.3. The highest BCUT2D eigenvalue weighted by Gasteiger charge is 2.28. The van der Waals surface area contributed by atoms with Crippen molar-refractivity contribution in [1.29, 1.82) is 0 Å². The van der Waals surface area contributed by atoms with Crippen molar-refractivity contribution >= 4 is 5.91 Å². The van der Waals surface area contributed by atoms with Gasteiger partial charge in [0.25, 0.3) is 5.56 Å². The Bertz CT molecular complexity index is 1020. The van der Waals surface area contributed by atoms with Gasteiger partial charge in [-0.05, 0) is 43.5 Å². The van der Waals surface area contributed by atoms with Gasteiger partial charge in [-0.15, -0.1) is 0 Å². The number of carbonyl (C=O) groups is 1. The highest BCUT2D eigenvalue weighted by atomic mass is 19.2. The van der Waals surface area contributed by atoms with E-state index in [2.05, 4.69) is 9.88 Å². The molecule has 8 heteroatoms. The van der Waals surface area contributed by atoms with E-state index in [0.717, 1.165) is 43.1 Å². The number of halogens is 2. The first-order valence-corrected chi connectivity index (χ1v) is 11.0. The van der Waals surface area contributed by atoms with Crippen LogP contribution in [0.3, 0.4) is 0 Å². The molecule has 2 aromatic rings. The molecule has 1 fully saturated rings. The molecule has 31 heavy (non-hydrogen) atoms. The summed E-state index contributed by atoms with van der Waals surface area (Å²) in [6.45, 7) is 4.97. The molecule has 0 bridgehead atoms. The summed E-state index contributed by atoms with van der Waals surface area (Å²) in [4.78, 5) is 36.6. The van der Waals surface area contributed by atoms with Crippen molar-refractivity contribution in [3.05, 3.63) is 62.8 Å². The molecule has 0 radical (unpaired) electrons. The molecule has 0 aliphatic carbocycles. The predicted octanol–water partition coefficient (Wildman–Crippen LogP) is 3.11. The number of rotatable bonds is 5. The zero-order valence-electron chi connectivity index (χ0n) is 17.8. The van der Waals surface area contributed by atoms with Crippen LogP contribution >= 0.6 is 0 Å². The molecule has 1 saturated heterocycles. The number of benzene rings is 1. The molecule has 1 N–H and O–H groups in total. The van der Waals surface area contributed by atoms with Gasteiger partial charge < -0.3 is 9.88 Å². The van der Waals surface area contributed by atoms with Crippen LogP contribution in [0.2, 0.25) is 0 Å². The van der Waals surface area contributed by atoms with E-state index in [1.54, 1.807) is 11.0 Å². The molecule has 2 aliphatic heterocycles. The minimum atomic E-state index is -0.842. The lowest BCUT2D eigenvalue weighted by Gasteiger charge is -2.33. The molecule has 1 aromatic carbocycles. The molecular formula is C23H28F2N4O2. The van der Waals surface area contributed by atoms with E-state index in [1.165, 1.54) is 6.07 Å². The first kappa shape index (κ1) is 21.6. The van der Waals surface area contributed by atoms with Gasteiger partial charge in [-0.2, -0.15) is 0 Å². The van der Waals surface area contributed by atoms with Crippen LogP contribution in [0.1, 0.15) is 61.2 Å². The fourth-order valence-electron chi connectivity index (χ4n) is 4.54. The number of nitrogens with one attached hydrogen (secondary N) is 1. The second kappa shape index (κ2) is 9.26. The van der Waals surface area contributed by atoms with Crippen LogP contribution in [0.5, 0.6) is 0 Å². The smallest absolute Gasteiger partial charge is 0.256 e. The topological polar surface area (TPSA) is 69.3 Å². The van der Waals surface area contributed by atoms with Crippen molar-refractivity contribution in [2.45, 2.75) is 58.0 Å². The lowest BCUT2D eigenvalue weighted by Crippen LogP contribution is -2.40. The molecule has 1 aromatic heterocycles. The Hall–Kier alpha value is -2.61. The number of nitrogens with zero attached hydrogens (tertiary/aromatic N) is 3. The standard InChI is InChI=1S/C23H28F2N4O2/c1-2-4-21(30)29-10-8-20-17(14-29)23(31)27-22(26-20)16-5-3-9-28(13-16)12-15-6-7-18(24)19(25)11-15/h6-7,11,16H,2-5,8-10,12-14H2,1H3,(H,26,27,31)/t16-/m1/s1. The van der Waals surface area contributed by atoms with Crippen molar-refractivity contribution in [2.75, 3.05) is 19.6 Å². The summed E-state index contributed by atoms with van der Waals surface area (Å²) in [7, 11) is 0. The van der Waals surface area contributed by atoms with Crippen LogP contribution in [0, 0.1) is 11.6 Å². The van der Waals surface area contributed by atoms with Crippen molar-refractivity contribution < 1.29 is 13.6 Å². The van der Waals surface area contributed by atoms with Crippen LogP contribution in [0.15, 0.2) is 23.0 Å². The second-order valence-corrected chi connectivity index (χ2v) is 8.51. The average molecular weight is 430 g/mol. The maximum atomic E-state index is 13.5. The van der Waals surface area contributed by atoms with E-state index in [4.69, 9.17) is 4.98 Å². The number of piperidine rings is 1. The fraction of sp³-hybridized carbons (Fsp3) is 0.522. The Morgan fingerprint density at radius 2 is 2.10 bits per heavy atom. The number of aromatic nitrogens is 2. The van der Waals surface area contributed by atoms with Gasteiger partial charge in [0.2, 0.25) is 5.91 Å². The van der Waals surface area contributed by atoms with E-state index in [0.29, 0.717) is 50.4 Å². The van der Waals surface area contributed by atoms with Crippen LogP contribution in [-0.4, -0.2) is 45.3 Å². The summed E-state index contributed by atoms with van der Waals surface area (Å²) >= 11 is 0. The largest absolute Gasteiger partial charge is 0.338 e. The molecule has 0 saturated carbocycles. The first-order valence-electron chi connectivity index (χ1n) is 11.0. The van der Waals surface area contributed by atoms with Gasteiger partial charge in [-0.25, -0.2) is 13.8 Å². The number of fused-ring (bicyclic) bond motifs is 1. The van der Waals surface area contributed by atoms with Crippen molar-refractivity contribution in [3.63, 3.8) is 0 Å². The molecule has 166 valence electrons. The van der Waals surface area contributed by atoms with Crippen LogP contribution in [0.25, 0.3) is 0 Å². The lowest BCUT2D eigenvalue weighted by molar-refractivity contribution is -0.132. The van der Waals surface area contributed by atoms with E-state index < -0.39 is 11.6 Å². The maximum Gasteiger partial charge on any atom is 0.256 e. The van der Waals surface area contributed by atoms with Gasteiger partial charge in [-0.3, -0.25) is 14.5 Å². The van der Waals surface area contributed by atoms with Crippen LogP contribution in [-0.2, 0) is 24.3 Å². The molecule has 0 spiro atoms. The number of H-pyrrole nitrogens is 1. The Kier molecular flexibility index (Phi) is 6.46. The third kappa shape index (κ3) is 4.84. The first-order chi connectivity index (χ1) is 14.9. The highest BCUT2D eigenvalue weighted by molar-refractivity contribution is 5.76. The quantitative estimate of drug-likeness (QED) is 0.792. The number of aromatic amines is 1. The third-order valence-electron chi connectivity index (χ3n) is 6.19. The molecule has 1 atom stereocenters. The average Bonchev–Trinajstić information content (AvgIpc) is 2.76. The zero-order chi connectivity index (χ0) is 22.0. The second-order valence-electron chi connectivity index (χ2n) is 8.51. The van der Waals surface area contributed by atoms with Gasteiger partial charge in [-0.1, -0.05) is 13.0 Å². The van der Waals surface area contributed by atoms with Gasteiger partial charge in [0.05, 0.1) is 17.8 Å². The minimum absolute atomic E-state index is 0.0804. The number of hydrogen-bond acceptors (Lipinski definition) is 4. The number of hydrogen-bond donors (Lipinski definition) is 1. The number of likely N-dealkylation sites (tertiary alicyclic amines) is 1. The van der Waals surface area contributed by atoms with Gasteiger partial charge in [0, 0.05) is 38.4 Å². The summed E-state index contributed by atoms with van der Waals surface area (Å²) < 4.78 is 26.7. The Morgan fingerprint density at radius 3 is 2.87 bits per heavy atom. The summed E-state index contributed by atoms with van der Waals surface area (Å²) in [5.74, 6) is -0.829. The highest BCUT2D eigenvalue weighted by Crippen LogP contribution is 2.26. The van der Waals surface area contributed by atoms with Crippen LogP contribution < -0.4 is 5.56 Å². The van der Waals surface area contributed by atoms with Crippen molar-refractivity contribution in [3.8, 4) is 0 Å². The van der Waals surface area contributed by atoms with E-state index >= 15 is 0 Å². The van der Waals surface area contributed by atoms with Gasteiger partial charge in [0.1, 0.15) is 5.82 Å². The van der Waals surface area contributed by atoms with Gasteiger partial charge in [0.15, 0.2) is 11.6 Å². The van der Waals surface area contributed by atoms with Crippen molar-refractivity contribution in [2.24, 2.45) is 0 Å². The van der Waals surface area contributed by atoms with Crippen LogP contribution in [0.4, 0.5) is 8.78 Å². The molecule has 3 heterocycles.